The molecule has 0 aliphatic carbocycles. The summed E-state index contributed by atoms with van der Waals surface area (Å²) < 4.78 is 47.9. The molecule has 4 aromatic carbocycles. The first kappa shape index (κ1) is 43.4. The second-order valence-electron chi connectivity index (χ2n) is 10.7. The largest absolute Gasteiger partial charge is 3.00 e. The van der Waals surface area contributed by atoms with Crippen LogP contribution in [0.3, 0.4) is 0 Å². The first-order valence-electron chi connectivity index (χ1n) is 14.7. The van der Waals surface area contributed by atoms with Crippen molar-refractivity contribution in [2.75, 3.05) is 0 Å². The van der Waals surface area contributed by atoms with Crippen LogP contribution in [0.25, 0.3) is 11.4 Å². The summed E-state index contributed by atoms with van der Waals surface area (Å²) in [5, 5.41) is 82.0. The molecule has 0 aliphatic rings. The number of para-hydroxylation sites is 2. The fraction of sp³-hybridized carbons (Fsp3) is 0.0625. The first-order valence-corrected chi connectivity index (χ1v) is 17.8. The minimum atomic E-state index is -3.99. The van der Waals surface area contributed by atoms with E-state index in [-0.39, 0.29) is 78.9 Å². The molecule has 0 saturated carbocycles. The van der Waals surface area contributed by atoms with Crippen LogP contribution < -0.4 is 60.3 Å². The summed E-state index contributed by atoms with van der Waals surface area (Å²) >= 11 is 0. The number of primary sulfonamides is 2. The van der Waals surface area contributed by atoms with Gasteiger partial charge in [-0.15, -0.1) is 10.2 Å². The molecular formula is C32H26CoN10NaO8S2. The van der Waals surface area contributed by atoms with E-state index in [1.165, 1.54) is 9.36 Å². The third-order valence-corrected chi connectivity index (χ3v) is 8.83. The number of aromatic nitrogens is 4. The number of sulfonamides is 2. The van der Waals surface area contributed by atoms with Crippen LogP contribution in [0.2, 0.25) is 0 Å². The van der Waals surface area contributed by atoms with E-state index < -0.39 is 43.3 Å². The average molecular weight is 825 g/mol. The van der Waals surface area contributed by atoms with Gasteiger partial charge < -0.3 is 20.4 Å². The second-order valence-corrected chi connectivity index (χ2v) is 13.8. The molecule has 0 amide bonds. The van der Waals surface area contributed by atoms with Crippen molar-refractivity contribution in [1.29, 1.82) is 0 Å². The number of hydrogen-bond donors (Lipinski definition) is 2. The third kappa shape index (κ3) is 10.2. The number of aryl methyl sites for hydroxylation is 2. The van der Waals surface area contributed by atoms with E-state index in [4.69, 9.17) is 10.3 Å². The van der Waals surface area contributed by atoms with Crippen molar-refractivity contribution in [3.8, 4) is 34.6 Å². The zero-order chi connectivity index (χ0) is 37.8. The maximum absolute atomic E-state index is 12.5. The molecule has 2 aromatic heterocycles. The molecule has 0 atom stereocenters. The number of nitrogens with zero attached hydrogens (tertiary/aromatic N) is 8. The molecule has 6 rings (SSSR count). The molecule has 0 radical (unpaired) electrons. The van der Waals surface area contributed by atoms with Gasteiger partial charge in [-0.2, -0.15) is 20.4 Å². The number of rotatable bonds is 8. The molecule has 22 heteroatoms. The standard InChI is InChI=1S/2C16H15N5O4S.Co.Na/c2*1-10-15(16(23)21(20-10)11-5-3-2-4-6-11)19-18-13-9-12(26(17,24)25)7-8-14(13)22;;/h2*2-9,22-23H,1H3,(H2,17,24,25);;/q;;+3;+1/p-4. The summed E-state index contributed by atoms with van der Waals surface area (Å²) in [6.45, 7) is 3.15. The van der Waals surface area contributed by atoms with Crippen molar-refractivity contribution < 1.29 is 83.6 Å². The van der Waals surface area contributed by atoms with E-state index in [0.29, 0.717) is 22.8 Å². The van der Waals surface area contributed by atoms with Crippen molar-refractivity contribution in [2.45, 2.75) is 23.6 Å². The molecule has 0 fully saturated rings. The average Bonchev–Trinajstić information content (AvgIpc) is 3.56. The predicted octanol–water partition coefficient (Wildman–Crippen LogP) is -0.217. The van der Waals surface area contributed by atoms with Crippen LogP contribution >= 0.6 is 0 Å². The molecule has 0 saturated heterocycles. The van der Waals surface area contributed by atoms with Gasteiger partial charge in [0.25, 0.3) is 0 Å². The van der Waals surface area contributed by atoms with Crippen molar-refractivity contribution in [1.82, 2.24) is 19.6 Å². The normalized spacial score (nSPS) is 11.5. The van der Waals surface area contributed by atoms with Crippen molar-refractivity contribution in [2.24, 2.45) is 30.7 Å². The van der Waals surface area contributed by atoms with E-state index in [1.807, 2.05) is 0 Å². The minimum absolute atomic E-state index is 0. The fourth-order valence-electron chi connectivity index (χ4n) is 4.43. The quantitative estimate of drug-likeness (QED) is 0.150. The maximum Gasteiger partial charge on any atom is 3.00 e. The van der Waals surface area contributed by atoms with E-state index in [2.05, 4.69) is 30.7 Å². The molecule has 4 N–H and O–H groups in total. The van der Waals surface area contributed by atoms with Gasteiger partial charge in [0.15, 0.2) is 0 Å². The Morgan fingerprint density at radius 2 is 0.889 bits per heavy atom. The van der Waals surface area contributed by atoms with Crippen LogP contribution in [-0.2, 0) is 36.8 Å². The molecule has 0 unspecified atom stereocenters. The van der Waals surface area contributed by atoms with E-state index in [1.54, 1.807) is 74.5 Å². The fourth-order valence-corrected chi connectivity index (χ4v) is 5.49. The zero-order valence-electron chi connectivity index (χ0n) is 28.4. The van der Waals surface area contributed by atoms with Crippen LogP contribution in [0.4, 0.5) is 22.7 Å². The maximum atomic E-state index is 12.5. The van der Waals surface area contributed by atoms with Gasteiger partial charge in [-0.05, 0) is 62.4 Å². The third-order valence-electron chi connectivity index (χ3n) is 7.01. The molecule has 0 spiro atoms. The number of hydrogen-bond acceptors (Lipinski definition) is 14. The summed E-state index contributed by atoms with van der Waals surface area (Å²) in [4.78, 5) is -0.546. The monoisotopic (exact) mass is 824 g/mol. The summed E-state index contributed by atoms with van der Waals surface area (Å²) in [5.41, 5.74) is 1.16. The molecule has 54 heavy (non-hydrogen) atoms. The molecule has 274 valence electrons. The molecule has 0 bridgehead atoms. The van der Waals surface area contributed by atoms with Gasteiger partial charge in [-0.25, -0.2) is 36.5 Å². The summed E-state index contributed by atoms with van der Waals surface area (Å²) in [6.07, 6.45) is 0. The Morgan fingerprint density at radius 1 is 0.556 bits per heavy atom. The Kier molecular flexibility index (Phi) is 14.4. The van der Waals surface area contributed by atoms with Crippen molar-refractivity contribution in [3.05, 3.63) is 108 Å². The smallest absolute Gasteiger partial charge is 0.871 e. The summed E-state index contributed by atoms with van der Waals surface area (Å²) in [7, 11) is -7.98. The Hall–Kier alpha value is -4.97. The first-order chi connectivity index (χ1) is 24.5. The van der Waals surface area contributed by atoms with Crippen LogP contribution in [0.15, 0.2) is 127 Å². The van der Waals surface area contributed by atoms with Crippen LogP contribution in [-0.4, -0.2) is 36.4 Å². The molecule has 18 nitrogen and oxygen atoms in total. The van der Waals surface area contributed by atoms with Crippen molar-refractivity contribution in [3.63, 3.8) is 0 Å². The van der Waals surface area contributed by atoms with Gasteiger partial charge in [0.1, 0.15) is 11.4 Å². The minimum Gasteiger partial charge on any atom is -0.871 e. The van der Waals surface area contributed by atoms with Gasteiger partial charge in [0.05, 0.1) is 43.9 Å². The van der Waals surface area contributed by atoms with Crippen LogP contribution in [0, 0.1) is 13.8 Å². The number of nitrogens with two attached hydrogens (primary N) is 2. The van der Waals surface area contributed by atoms with Crippen molar-refractivity contribution >= 4 is 42.8 Å². The number of azo groups is 2. The van der Waals surface area contributed by atoms with Gasteiger partial charge >= 0.3 is 46.3 Å². The van der Waals surface area contributed by atoms with Crippen LogP contribution in [0.5, 0.6) is 23.3 Å². The molecule has 2 heterocycles. The summed E-state index contributed by atoms with van der Waals surface area (Å²) in [6, 6.07) is 23.7. The second kappa shape index (κ2) is 17.9. The molecular weight excluding hydrogens is 798 g/mol. The molecule has 0 aliphatic heterocycles. The predicted molar refractivity (Wildman–Crippen MR) is 178 cm³/mol. The Morgan fingerprint density at radius 3 is 1.20 bits per heavy atom. The van der Waals surface area contributed by atoms with Gasteiger partial charge in [-0.3, -0.25) is 0 Å². The zero-order valence-corrected chi connectivity index (χ0v) is 33.1. The SMILES string of the molecule is Cc1nn(-c2ccccc2)c([O-])c1N=Nc1cc(S(N)(=O)=O)ccc1[O-].Cc1nn(-c2ccccc2)c([O-])c1N=Nc1cc(S(N)(=O)=O)ccc1[O-].[Co+3].[Na+]. The Labute approximate surface area is 341 Å². The Balaban J connectivity index is 0.000000280. The topological polar surface area (TPSA) is 298 Å². The van der Waals surface area contributed by atoms with E-state index in [9.17, 15) is 37.3 Å². The number of benzene rings is 4. The van der Waals surface area contributed by atoms with Gasteiger partial charge in [0, 0.05) is 11.8 Å². The van der Waals surface area contributed by atoms with Crippen LogP contribution in [0.1, 0.15) is 11.4 Å². The van der Waals surface area contributed by atoms with E-state index >= 15 is 0 Å². The molecule has 6 aromatic rings. The van der Waals surface area contributed by atoms with Gasteiger partial charge in [0.2, 0.25) is 20.0 Å². The summed E-state index contributed by atoms with van der Waals surface area (Å²) in [5.74, 6) is -2.12. The Bertz CT molecular complexity index is 2370. The van der Waals surface area contributed by atoms with E-state index in [0.717, 1.165) is 36.4 Å². The van der Waals surface area contributed by atoms with Gasteiger partial charge in [-0.1, -0.05) is 60.0 Å².